The number of hydrogen-bond donors (Lipinski definition) is 3. The first-order valence-corrected chi connectivity index (χ1v) is 8.23. The lowest BCUT2D eigenvalue weighted by Gasteiger charge is -2.08. The fraction of sp³-hybridized carbons (Fsp3) is 0.158. The van der Waals surface area contributed by atoms with Gasteiger partial charge in [0.25, 0.3) is 5.91 Å². The number of methoxy groups -OCH3 is 1. The Labute approximate surface area is 161 Å². The van der Waals surface area contributed by atoms with Crippen molar-refractivity contribution in [2.24, 2.45) is 5.10 Å². The van der Waals surface area contributed by atoms with Gasteiger partial charge in [0.2, 0.25) is 0 Å². The van der Waals surface area contributed by atoms with Crippen molar-refractivity contribution >= 4 is 29.6 Å². The van der Waals surface area contributed by atoms with Crippen molar-refractivity contribution in [2.45, 2.75) is 0 Å². The fourth-order valence-corrected chi connectivity index (χ4v) is 2.03. The molecule has 2 aromatic rings. The number of hydrogen-bond acceptors (Lipinski definition) is 6. The molecule has 0 saturated carbocycles. The Kier molecular flexibility index (Phi) is 7.53. The van der Waals surface area contributed by atoms with Crippen LogP contribution < -0.4 is 25.5 Å². The van der Waals surface area contributed by atoms with Crippen LogP contribution in [0.1, 0.15) is 5.56 Å². The molecule has 0 saturated heterocycles. The van der Waals surface area contributed by atoms with Gasteiger partial charge < -0.3 is 20.1 Å². The predicted octanol–water partition coefficient (Wildman–Crippen LogP) is 0.909. The van der Waals surface area contributed by atoms with Crippen LogP contribution >= 0.6 is 0 Å². The van der Waals surface area contributed by atoms with Crippen molar-refractivity contribution < 1.29 is 23.9 Å². The number of carbonyl (C=O) groups is 3. The van der Waals surface area contributed by atoms with Gasteiger partial charge in [-0.25, -0.2) is 5.43 Å². The highest BCUT2D eigenvalue weighted by atomic mass is 16.5. The second-order valence-corrected chi connectivity index (χ2v) is 5.42. The van der Waals surface area contributed by atoms with E-state index in [-0.39, 0.29) is 12.5 Å². The van der Waals surface area contributed by atoms with E-state index in [0.29, 0.717) is 22.7 Å². The number of nitrogens with one attached hydrogen (secondary N) is 3. The van der Waals surface area contributed by atoms with Crippen molar-refractivity contribution in [3.63, 3.8) is 0 Å². The highest BCUT2D eigenvalue weighted by Gasteiger charge is 2.08. The maximum absolute atomic E-state index is 12.0. The van der Waals surface area contributed by atoms with Gasteiger partial charge in [0.15, 0.2) is 6.61 Å². The van der Waals surface area contributed by atoms with Gasteiger partial charge in [-0.05, 0) is 42.0 Å². The van der Waals surface area contributed by atoms with Crippen molar-refractivity contribution in [3.05, 3.63) is 54.1 Å². The van der Waals surface area contributed by atoms with Gasteiger partial charge in [-0.3, -0.25) is 14.4 Å². The molecule has 28 heavy (non-hydrogen) atoms. The number of rotatable bonds is 7. The van der Waals surface area contributed by atoms with Crippen molar-refractivity contribution in [3.8, 4) is 11.5 Å². The van der Waals surface area contributed by atoms with Crippen LogP contribution in [0.5, 0.6) is 11.5 Å². The fourth-order valence-electron chi connectivity index (χ4n) is 2.03. The van der Waals surface area contributed by atoms with E-state index in [2.05, 4.69) is 21.2 Å². The summed E-state index contributed by atoms with van der Waals surface area (Å²) in [5.41, 5.74) is 3.37. The number of carbonyl (C=O) groups excluding carboxylic acids is 3. The van der Waals surface area contributed by atoms with E-state index in [1.807, 2.05) is 0 Å². The molecular formula is C19H20N4O5. The van der Waals surface area contributed by atoms with Gasteiger partial charge in [0.1, 0.15) is 11.5 Å². The van der Waals surface area contributed by atoms with E-state index in [4.69, 9.17) is 9.47 Å². The van der Waals surface area contributed by atoms with E-state index in [0.717, 1.165) is 0 Å². The van der Waals surface area contributed by atoms with Crippen LogP contribution in [0.25, 0.3) is 0 Å². The summed E-state index contributed by atoms with van der Waals surface area (Å²) in [7, 11) is 2.90. The van der Waals surface area contributed by atoms with E-state index in [9.17, 15) is 14.4 Å². The molecule has 3 N–H and O–H groups in total. The average molecular weight is 384 g/mol. The first kappa shape index (κ1) is 20.4. The summed E-state index contributed by atoms with van der Waals surface area (Å²) < 4.78 is 10.5. The van der Waals surface area contributed by atoms with Gasteiger partial charge in [-0.2, -0.15) is 5.10 Å². The molecule has 0 heterocycles. The lowest BCUT2D eigenvalue weighted by Crippen LogP contribution is -2.35. The van der Waals surface area contributed by atoms with Crippen molar-refractivity contribution in [2.75, 3.05) is 26.1 Å². The standard InChI is InChI=1S/C19H20N4O5/c1-20-18(25)19(26)23-21-11-13-6-8-15(9-7-13)28-12-17(24)22-14-4-3-5-16(10-14)27-2/h3-11H,12H2,1-2H3,(H,20,25)(H,22,24)(H,23,26)/b21-11-. The monoisotopic (exact) mass is 384 g/mol. The Hall–Kier alpha value is -3.88. The molecule has 0 fully saturated rings. The number of amides is 3. The normalized spacial score (nSPS) is 10.2. The summed E-state index contributed by atoms with van der Waals surface area (Å²) in [4.78, 5) is 34.2. The van der Waals surface area contributed by atoms with E-state index in [1.54, 1.807) is 55.6 Å². The summed E-state index contributed by atoms with van der Waals surface area (Å²) in [6.07, 6.45) is 1.38. The second kappa shape index (κ2) is 10.3. The summed E-state index contributed by atoms with van der Waals surface area (Å²) in [5.74, 6) is -0.820. The van der Waals surface area contributed by atoms with Gasteiger partial charge in [-0.15, -0.1) is 0 Å². The van der Waals surface area contributed by atoms with Crippen LogP contribution in [0.2, 0.25) is 0 Å². The van der Waals surface area contributed by atoms with Crippen LogP contribution in [-0.2, 0) is 14.4 Å². The molecule has 146 valence electrons. The minimum atomic E-state index is -0.860. The van der Waals surface area contributed by atoms with Crippen LogP contribution in [0, 0.1) is 0 Å². The number of hydrazone groups is 1. The Morgan fingerprint density at radius 1 is 1.04 bits per heavy atom. The minimum absolute atomic E-state index is 0.160. The summed E-state index contributed by atoms with van der Waals surface area (Å²) in [6, 6.07) is 13.7. The van der Waals surface area contributed by atoms with E-state index in [1.165, 1.54) is 13.3 Å². The number of nitrogens with zero attached hydrogens (tertiary/aromatic N) is 1. The molecule has 0 unspecified atom stereocenters. The number of ether oxygens (including phenoxy) is 2. The Morgan fingerprint density at radius 3 is 2.46 bits per heavy atom. The third-order valence-electron chi connectivity index (χ3n) is 3.42. The molecule has 0 aliphatic carbocycles. The largest absolute Gasteiger partial charge is 0.497 e. The SMILES string of the molecule is CNC(=O)C(=O)N/N=C\c1ccc(OCC(=O)Nc2cccc(OC)c2)cc1. The molecule has 0 atom stereocenters. The van der Waals surface area contributed by atoms with Gasteiger partial charge >= 0.3 is 11.8 Å². The molecular weight excluding hydrogens is 364 g/mol. The van der Waals surface area contributed by atoms with Crippen LogP contribution in [0.4, 0.5) is 5.69 Å². The zero-order chi connectivity index (χ0) is 20.4. The van der Waals surface area contributed by atoms with Gasteiger partial charge in [0.05, 0.1) is 13.3 Å². The maximum atomic E-state index is 12.0. The molecule has 3 amide bonds. The topological polar surface area (TPSA) is 118 Å². The maximum Gasteiger partial charge on any atom is 0.329 e. The highest BCUT2D eigenvalue weighted by molar-refractivity contribution is 6.34. The van der Waals surface area contributed by atoms with Gasteiger partial charge in [-0.1, -0.05) is 6.07 Å². The molecule has 0 radical (unpaired) electrons. The number of benzene rings is 2. The molecule has 0 aliphatic heterocycles. The minimum Gasteiger partial charge on any atom is -0.497 e. The second-order valence-electron chi connectivity index (χ2n) is 5.42. The Balaban J connectivity index is 1.81. The summed E-state index contributed by atoms with van der Waals surface area (Å²) in [6.45, 7) is -0.160. The Bertz CT molecular complexity index is 865. The van der Waals surface area contributed by atoms with Crippen LogP contribution in [-0.4, -0.2) is 44.7 Å². The predicted molar refractivity (Wildman–Crippen MR) is 103 cm³/mol. The molecule has 2 aromatic carbocycles. The lowest BCUT2D eigenvalue weighted by molar-refractivity contribution is -0.138. The number of likely N-dealkylation sites (N-methyl/N-ethyl adjacent to an activating group) is 1. The van der Waals surface area contributed by atoms with Crippen molar-refractivity contribution in [1.82, 2.24) is 10.7 Å². The zero-order valence-corrected chi connectivity index (χ0v) is 15.4. The number of anilines is 1. The molecule has 9 nitrogen and oxygen atoms in total. The Morgan fingerprint density at radius 2 is 1.79 bits per heavy atom. The summed E-state index contributed by atoms with van der Waals surface area (Å²) >= 11 is 0. The lowest BCUT2D eigenvalue weighted by atomic mass is 10.2. The summed E-state index contributed by atoms with van der Waals surface area (Å²) in [5, 5.41) is 8.57. The smallest absolute Gasteiger partial charge is 0.329 e. The first-order valence-electron chi connectivity index (χ1n) is 8.23. The molecule has 0 aliphatic rings. The third kappa shape index (κ3) is 6.45. The van der Waals surface area contributed by atoms with E-state index < -0.39 is 11.8 Å². The first-order chi connectivity index (χ1) is 13.5. The van der Waals surface area contributed by atoms with Crippen LogP contribution in [0.15, 0.2) is 53.6 Å². The average Bonchev–Trinajstić information content (AvgIpc) is 2.72. The highest BCUT2D eigenvalue weighted by Crippen LogP contribution is 2.17. The molecule has 0 aromatic heterocycles. The molecule has 9 heteroatoms. The zero-order valence-electron chi connectivity index (χ0n) is 15.4. The third-order valence-corrected chi connectivity index (χ3v) is 3.42. The quantitative estimate of drug-likeness (QED) is 0.373. The molecule has 0 spiro atoms. The molecule has 2 rings (SSSR count). The van der Waals surface area contributed by atoms with Crippen LogP contribution in [0.3, 0.4) is 0 Å². The van der Waals surface area contributed by atoms with E-state index >= 15 is 0 Å². The van der Waals surface area contributed by atoms with Gasteiger partial charge in [0, 0.05) is 18.8 Å². The molecule has 0 bridgehead atoms. The van der Waals surface area contributed by atoms with Crippen molar-refractivity contribution in [1.29, 1.82) is 0 Å².